The van der Waals surface area contributed by atoms with Crippen LogP contribution in [-0.2, 0) is 11.3 Å². The van der Waals surface area contributed by atoms with E-state index in [0.29, 0.717) is 27.6 Å². The number of carbonyl (C=O) groups is 1. The van der Waals surface area contributed by atoms with Gasteiger partial charge in [0.1, 0.15) is 5.82 Å². The molecule has 1 amide bonds. The van der Waals surface area contributed by atoms with Crippen LogP contribution in [0.4, 0.5) is 10.1 Å². The number of halogens is 1. The van der Waals surface area contributed by atoms with E-state index in [-0.39, 0.29) is 18.3 Å². The Bertz CT molecular complexity index is 1000. The topological polar surface area (TPSA) is 29.5 Å². The highest BCUT2D eigenvalue weighted by atomic mass is 32.2. The van der Waals surface area contributed by atoms with Crippen LogP contribution in [-0.4, -0.2) is 24.8 Å². The molecule has 1 aromatic heterocycles. The van der Waals surface area contributed by atoms with Gasteiger partial charge in [-0.1, -0.05) is 25.1 Å². The first-order chi connectivity index (χ1) is 13.1. The molecule has 140 valence electrons. The van der Waals surface area contributed by atoms with Gasteiger partial charge in [-0.2, -0.15) is 0 Å². The first-order valence-corrected chi connectivity index (χ1v) is 10.6. The molecule has 1 atom stereocenters. The number of rotatable bonds is 3. The Hall–Kier alpha value is -1.89. The average molecular weight is 402 g/mol. The summed E-state index contributed by atoms with van der Waals surface area (Å²) in [5, 5.41) is 0.931. The molecule has 0 N–H and O–H groups in total. The minimum atomic E-state index is -0.310. The zero-order chi connectivity index (χ0) is 19.0. The molecule has 0 radical (unpaired) electrons. The molecule has 0 saturated heterocycles. The van der Waals surface area contributed by atoms with Crippen LogP contribution < -0.4 is 4.90 Å². The Balaban J connectivity index is 1.83. The Labute approximate surface area is 166 Å². The number of thiophene rings is 1. The van der Waals surface area contributed by atoms with Crippen molar-refractivity contribution >= 4 is 44.8 Å². The van der Waals surface area contributed by atoms with Crippen LogP contribution in [0, 0.1) is 5.82 Å². The third-order valence-corrected chi connectivity index (χ3v) is 7.16. The molecule has 4 rings (SSSR count). The minimum absolute atomic E-state index is 0.0789. The fraction of sp³-hybridized carbons (Fsp3) is 0.286. The highest BCUT2D eigenvalue weighted by Crippen LogP contribution is 2.40. The van der Waals surface area contributed by atoms with Gasteiger partial charge in [-0.15, -0.1) is 23.1 Å². The molecular weight excluding hydrogens is 381 g/mol. The van der Waals surface area contributed by atoms with Crippen LogP contribution in [0.5, 0.6) is 0 Å². The lowest BCUT2D eigenvalue weighted by molar-refractivity contribution is 0.0986. The molecule has 6 heteroatoms. The van der Waals surface area contributed by atoms with E-state index in [1.165, 1.54) is 17.4 Å². The Morgan fingerprint density at radius 2 is 2.07 bits per heavy atom. The Morgan fingerprint density at radius 1 is 1.26 bits per heavy atom. The van der Waals surface area contributed by atoms with Crippen LogP contribution in [0.15, 0.2) is 47.4 Å². The molecule has 2 heterocycles. The van der Waals surface area contributed by atoms with E-state index in [9.17, 15) is 9.18 Å². The molecule has 0 fully saturated rings. The number of methoxy groups -OCH3 is 1. The standard InChI is InChI=1S/C21H20FNO2S2/c1-13-10-11-23(16-7-3-4-8-17(16)26-13)21(24)20-14(12-25-2)19-15(22)6-5-9-18(19)27-20/h3-9,13H,10-12H2,1-2H3. The number of para-hydroxylation sites is 1. The van der Waals surface area contributed by atoms with Gasteiger partial charge in [-0.05, 0) is 30.7 Å². The average Bonchev–Trinajstić information content (AvgIpc) is 2.94. The minimum Gasteiger partial charge on any atom is -0.380 e. The van der Waals surface area contributed by atoms with Crippen molar-refractivity contribution < 1.29 is 13.9 Å². The number of amides is 1. The van der Waals surface area contributed by atoms with Gasteiger partial charge < -0.3 is 9.64 Å². The first kappa shape index (κ1) is 18.5. The molecule has 2 aromatic carbocycles. The lowest BCUT2D eigenvalue weighted by atomic mass is 10.1. The van der Waals surface area contributed by atoms with Crippen LogP contribution >= 0.6 is 23.1 Å². The largest absolute Gasteiger partial charge is 0.380 e. The number of nitrogens with zero attached hydrogens (tertiary/aromatic N) is 1. The maximum atomic E-state index is 14.5. The number of thioether (sulfide) groups is 1. The zero-order valence-electron chi connectivity index (χ0n) is 15.2. The van der Waals surface area contributed by atoms with Gasteiger partial charge in [-0.25, -0.2) is 4.39 Å². The number of benzene rings is 2. The molecular formula is C21H20FNO2S2. The van der Waals surface area contributed by atoms with E-state index in [1.807, 2.05) is 29.2 Å². The van der Waals surface area contributed by atoms with Gasteiger partial charge in [0.2, 0.25) is 0 Å². The second kappa shape index (κ2) is 7.62. The van der Waals surface area contributed by atoms with Crippen molar-refractivity contribution in [2.45, 2.75) is 30.1 Å². The molecule has 1 unspecified atom stereocenters. The van der Waals surface area contributed by atoms with E-state index in [4.69, 9.17) is 4.74 Å². The molecule has 0 aliphatic carbocycles. The summed E-state index contributed by atoms with van der Waals surface area (Å²) in [5.74, 6) is -0.389. The van der Waals surface area contributed by atoms with Crippen LogP contribution in [0.2, 0.25) is 0 Å². The summed E-state index contributed by atoms with van der Waals surface area (Å²) in [6.45, 7) is 3.04. The zero-order valence-corrected chi connectivity index (χ0v) is 16.8. The summed E-state index contributed by atoms with van der Waals surface area (Å²) in [5.41, 5.74) is 1.57. The highest BCUT2D eigenvalue weighted by molar-refractivity contribution is 8.00. The number of hydrogen-bond donors (Lipinski definition) is 0. The van der Waals surface area contributed by atoms with E-state index >= 15 is 0 Å². The van der Waals surface area contributed by atoms with Crippen molar-refractivity contribution in [2.24, 2.45) is 0 Å². The van der Waals surface area contributed by atoms with Gasteiger partial charge in [0.25, 0.3) is 5.91 Å². The smallest absolute Gasteiger partial charge is 0.268 e. The fourth-order valence-electron chi connectivity index (χ4n) is 3.44. The summed E-state index contributed by atoms with van der Waals surface area (Å²) in [7, 11) is 1.57. The summed E-state index contributed by atoms with van der Waals surface area (Å²) in [6.07, 6.45) is 0.907. The second-order valence-corrected chi connectivity index (χ2v) is 9.13. The van der Waals surface area contributed by atoms with Gasteiger partial charge in [0.05, 0.1) is 17.2 Å². The third-order valence-electron chi connectivity index (χ3n) is 4.73. The quantitative estimate of drug-likeness (QED) is 0.562. The van der Waals surface area contributed by atoms with Crippen LogP contribution in [0.1, 0.15) is 28.6 Å². The van der Waals surface area contributed by atoms with E-state index in [0.717, 1.165) is 21.7 Å². The lowest BCUT2D eigenvalue weighted by Crippen LogP contribution is -2.32. The first-order valence-electron chi connectivity index (χ1n) is 8.86. The summed E-state index contributed by atoms with van der Waals surface area (Å²) in [4.78, 5) is 17.1. The predicted molar refractivity (Wildman–Crippen MR) is 111 cm³/mol. The van der Waals surface area contributed by atoms with E-state index in [1.54, 1.807) is 24.9 Å². The molecule has 1 aliphatic heterocycles. The van der Waals surface area contributed by atoms with Gasteiger partial charge in [-0.3, -0.25) is 4.79 Å². The molecule has 0 spiro atoms. The second-order valence-electron chi connectivity index (χ2n) is 6.60. The highest BCUT2D eigenvalue weighted by Gasteiger charge is 2.29. The summed E-state index contributed by atoms with van der Waals surface area (Å²) < 4.78 is 20.5. The number of hydrogen-bond acceptors (Lipinski definition) is 4. The van der Waals surface area contributed by atoms with E-state index in [2.05, 4.69) is 13.0 Å². The number of ether oxygens (including phenoxy) is 1. The molecule has 27 heavy (non-hydrogen) atoms. The van der Waals surface area contributed by atoms with Crippen LogP contribution in [0.3, 0.4) is 0 Å². The lowest BCUT2D eigenvalue weighted by Gasteiger charge is -2.22. The van der Waals surface area contributed by atoms with Crippen molar-refractivity contribution in [3.8, 4) is 0 Å². The van der Waals surface area contributed by atoms with Crippen molar-refractivity contribution in [1.29, 1.82) is 0 Å². The fourth-order valence-corrected chi connectivity index (χ4v) is 5.73. The maximum absolute atomic E-state index is 14.5. The molecule has 0 saturated carbocycles. The molecule has 3 nitrogen and oxygen atoms in total. The van der Waals surface area contributed by atoms with Gasteiger partial charge in [0, 0.05) is 39.4 Å². The van der Waals surface area contributed by atoms with Crippen LogP contribution in [0.25, 0.3) is 10.1 Å². The Kier molecular flexibility index (Phi) is 5.21. The third kappa shape index (κ3) is 3.37. The Morgan fingerprint density at radius 3 is 2.89 bits per heavy atom. The van der Waals surface area contributed by atoms with Crippen molar-refractivity contribution in [1.82, 2.24) is 0 Å². The molecule has 3 aromatic rings. The SMILES string of the molecule is COCc1c(C(=O)N2CCC(C)Sc3ccccc32)sc2cccc(F)c12. The summed E-state index contributed by atoms with van der Waals surface area (Å²) >= 11 is 3.14. The van der Waals surface area contributed by atoms with E-state index < -0.39 is 0 Å². The normalized spacial score (nSPS) is 17.0. The number of fused-ring (bicyclic) bond motifs is 2. The predicted octanol–water partition coefficient (Wildman–Crippen LogP) is 5.72. The van der Waals surface area contributed by atoms with Gasteiger partial charge in [0.15, 0.2) is 0 Å². The number of anilines is 1. The van der Waals surface area contributed by atoms with Crippen molar-refractivity contribution in [3.63, 3.8) is 0 Å². The monoisotopic (exact) mass is 401 g/mol. The van der Waals surface area contributed by atoms with Crippen molar-refractivity contribution in [2.75, 3.05) is 18.6 Å². The summed E-state index contributed by atoms with van der Waals surface area (Å²) in [6, 6.07) is 13.0. The van der Waals surface area contributed by atoms with Crippen molar-refractivity contribution in [3.05, 3.63) is 58.7 Å². The maximum Gasteiger partial charge on any atom is 0.268 e. The molecule has 0 bridgehead atoms. The molecule has 1 aliphatic rings. The number of carbonyl (C=O) groups excluding carboxylic acids is 1. The van der Waals surface area contributed by atoms with Gasteiger partial charge >= 0.3 is 0 Å².